The van der Waals surface area contributed by atoms with Crippen LogP contribution in [0, 0.1) is 0 Å². The number of ether oxygens (including phenoxy) is 2. The third-order valence-electron chi connectivity index (χ3n) is 5.16. The van der Waals surface area contributed by atoms with Crippen LogP contribution in [0.3, 0.4) is 0 Å². The van der Waals surface area contributed by atoms with Crippen LogP contribution in [0.1, 0.15) is 16.7 Å². The second-order valence-electron chi connectivity index (χ2n) is 6.85. The van der Waals surface area contributed by atoms with Gasteiger partial charge in [0.1, 0.15) is 5.82 Å². The van der Waals surface area contributed by atoms with Gasteiger partial charge in [-0.15, -0.1) is 0 Å². The first-order valence-corrected chi connectivity index (χ1v) is 9.01. The van der Waals surface area contributed by atoms with Crippen LogP contribution in [-0.2, 0) is 29.0 Å². The van der Waals surface area contributed by atoms with Gasteiger partial charge in [0.25, 0.3) is 0 Å². The van der Waals surface area contributed by atoms with E-state index < -0.39 is 0 Å². The molecule has 0 amide bonds. The Morgan fingerprint density at radius 2 is 2.23 bits per heavy atom. The van der Waals surface area contributed by atoms with Crippen molar-refractivity contribution in [2.24, 2.45) is 0 Å². The number of hydrogen-bond acceptors (Lipinski definition) is 7. The third kappa shape index (κ3) is 3.65. The molecule has 3 N–H and O–H groups in total. The van der Waals surface area contributed by atoms with E-state index in [1.807, 2.05) is 6.07 Å². The average Bonchev–Trinajstić information content (AvgIpc) is 3.09. The first-order valence-electron chi connectivity index (χ1n) is 9.01. The number of methoxy groups -OCH3 is 1. The quantitative estimate of drug-likeness (QED) is 0.831. The van der Waals surface area contributed by atoms with Gasteiger partial charge in [-0.25, -0.2) is 4.98 Å². The van der Waals surface area contributed by atoms with Crippen LogP contribution in [0.25, 0.3) is 0 Å². The minimum atomic E-state index is 0.104. The molecule has 7 heteroatoms. The smallest absolute Gasteiger partial charge is 0.221 e. The summed E-state index contributed by atoms with van der Waals surface area (Å²) in [6.45, 7) is 3.95. The first-order chi connectivity index (χ1) is 12.7. The summed E-state index contributed by atoms with van der Waals surface area (Å²) < 4.78 is 11.3. The van der Waals surface area contributed by atoms with Crippen LogP contribution in [0.15, 0.2) is 30.5 Å². The lowest BCUT2D eigenvalue weighted by Crippen LogP contribution is -2.39. The van der Waals surface area contributed by atoms with E-state index in [2.05, 4.69) is 38.4 Å². The zero-order valence-electron chi connectivity index (χ0n) is 15.0. The fraction of sp³-hybridized carbons (Fsp3) is 0.474. The van der Waals surface area contributed by atoms with Crippen molar-refractivity contribution < 1.29 is 9.47 Å². The summed E-state index contributed by atoms with van der Waals surface area (Å²) in [4.78, 5) is 10.5. The zero-order chi connectivity index (χ0) is 17.9. The largest absolute Gasteiger partial charge is 0.378 e. The van der Waals surface area contributed by atoms with Crippen molar-refractivity contribution in [3.8, 4) is 0 Å². The summed E-state index contributed by atoms with van der Waals surface area (Å²) in [6, 6.07) is 8.80. The van der Waals surface area contributed by atoms with E-state index in [0.717, 1.165) is 45.1 Å². The van der Waals surface area contributed by atoms with Crippen LogP contribution in [0.5, 0.6) is 0 Å². The predicted molar refractivity (Wildman–Crippen MR) is 99.9 cm³/mol. The van der Waals surface area contributed by atoms with E-state index in [1.165, 1.54) is 16.7 Å². The second kappa shape index (κ2) is 7.57. The number of hydrogen-bond donors (Lipinski definition) is 2. The van der Waals surface area contributed by atoms with Crippen LogP contribution >= 0.6 is 0 Å². The number of benzene rings is 1. The molecule has 26 heavy (non-hydrogen) atoms. The van der Waals surface area contributed by atoms with Gasteiger partial charge in [-0.2, -0.15) is 4.98 Å². The molecule has 1 saturated heterocycles. The normalized spacial score (nSPS) is 22.4. The molecule has 2 aliphatic heterocycles. The summed E-state index contributed by atoms with van der Waals surface area (Å²) in [7, 11) is 1.76. The van der Waals surface area contributed by atoms with Gasteiger partial charge >= 0.3 is 0 Å². The van der Waals surface area contributed by atoms with E-state index >= 15 is 0 Å². The lowest BCUT2D eigenvalue weighted by Gasteiger charge is -2.20. The lowest BCUT2D eigenvalue weighted by molar-refractivity contribution is 0.0966. The van der Waals surface area contributed by atoms with Crippen LogP contribution < -0.4 is 16.0 Å². The number of nitrogens with zero attached hydrogens (tertiary/aromatic N) is 3. The van der Waals surface area contributed by atoms with Gasteiger partial charge in [0.05, 0.1) is 25.4 Å². The maximum absolute atomic E-state index is 5.71. The molecule has 2 aliphatic rings. The molecule has 1 aromatic carbocycles. The summed E-state index contributed by atoms with van der Waals surface area (Å²) in [5.74, 6) is 1.14. The molecule has 7 nitrogen and oxygen atoms in total. The molecule has 0 saturated carbocycles. The van der Waals surface area contributed by atoms with Crippen molar-refractivity contribution >= 4 is 11.8 Å². The van der Waals surface area contributed by atoms with Crippen LogP contribution in [0.2, 0.25) is 0 Å². The summed E-state index contributed by atoms with van der Waals surface area (Å²) in [5, 5.41) is 3.64. The summed E-state index contributed by atoms with van der Waals surface area (Å²) >= 11 is 0. The second-order valence-corrected chi connectivity index (χ2v) is 6.85. The molecule has 3 heterocycles. The number of nitrogens with one attached hydrogen (secondary N) is 1. The highest BCUT2D eigenvalue weighted by molar-refractivity contribution is 5.43. The van der Waals surface area contributed by atoms with E-state index in [9.17, 15) is 0 Å². The minimum Gasteiger partial charge on any atom is -0.378 e. The molecule has 0 bridgehead atoms. The number of anilines is 2. The topological polar surface area (TPSA) is 85.5 Å². The average molecular weight is 355 g/mol. The Morgan fingerprint density at radius 1 is 1.31 bits per heavy atom. The van der Waals surface area contributed by atoms with Crippen molar-refractivity contribution in [3.05, 3.63) is 47.2 Å². The molecule has 0 unspecified atom stereocenters. The highest BCUT2D eigenvalue weighted by atomic mass is 16.5. The molecule has 138 valence electrons. The monoisotopic (exact) mass is 355 g/mol. The number of nitrogen functional groups attached to an aromatic ring is 1. The molecule has 4 rings (SSSR count). The highest BCUT2D eigenvalue weighted by Gasteiger charge is 2.33. The molecule has 1 fully saturated rings. The van der Waals surface area contributed by atoms with Gasteiger partial charge in [0.15, 0.2) is 0 Å². The van der Waals surface area contributed by atoms with Crippen molar-refractivity contribution in [2.45, 2.75) is 31.7 Å². The number of fused-ring (bicyclic) bond motifs is 1. The van der Waals surface area contributed by atoms with E-state index in [1.54, 1.807) is 13.3 Å². The minimum absolute atomic E-state index is 0.104. The lowest BCUT2D eigenvalue weighted by atomic mass is 10.0. The fourth-order valence-corrected chi connectivity index (χ4v) is 3.72. The Balaban J connectivity index is 1.41. The Bertz CT molecular complexity index is 769. The number of aromatic nitrogens is 2. The van der Waals surface area contributed by atoms with Crippen molar-refractivity contribution in [1.82, 2.24) is 15.3 Å². The SMILES string of the molecule is CO[C@@H]1CN(c2ccnc(N)n2)C[C@@H]1NCc1ccc2c(c1)COCC2. The molecule has 0 spiro atoms. The predicted octanol–water partition coefficient (Wildman–Crippen LogP) is 1.12. The van der Waals surface area contributed by atoms with Crippen LogP contribution in [0.4, 0.5) is 11.8 Å². The van der Waals surface area contributed by atoms with E-state index in [0.29, 0.717) is 5.95 Å². The zero-order valence-corrected chi connectivity index (χ0v) is 15.0. The van der Waals surface area contributed by atoms with Gasteiger partial charge < -0.3 is 25.4 Å². The molecule has 2 atom stereocenters. The van der Waals surface area contributed by atoms with Crippen molar-refractivity contribution in [1.29, 1.82) is 0 Å². The standard InChI is InChI=1S/C19H25N5O2/c1-25-17-11-24(18-4-6-21-19(20)23-18)10-16(17)22-9-13-2-3-14-5-7-26-12-15(14)8-13/h2-4,6,8,16-17,22H,5,7,9-12H2,1H3,(H2,20,21,23)/t16-,17+/m0/s1. The molecule has 0 radical (unpaired) electrons. The Labute approximate surface area is 153 Å². The maximum Gasteiger partial charge on any atom is 0.221 e. The number of nitrogens with two attached hydrogens (primary N) is 1. The summed E-state index contributed by atoms with van der Waals surface area (Å²) in [5.41, 5.74) is 9.70. The van der Waals surface area contributed by atoms with Crippen molar-refractivity contribution in [2.75, 3.05) is 37.4 Å². The van der Waals surface area contributed by atoms with E-state index in [4.69, 9.17) is 15.2 Å². The van der Waals surface area contributed by atoms with Gasteiger partial charge in [-0.05, 0) is 29.2 Å². The summed E-state index contributed by atoms with van der Waals surface area (Å²) in [6.07, 6.45) is 2.80. The maximum atomic E-state index is 5.71. The molecule has 1 aromatic heterocycles. The van der Waals surface area contributed by atoms with Gasteiger partial charge in [0, 0.05) is 32.9 Å². The Kier molecular flexibility index (Phi) is 5.01. The Hall–Kier alpha value is -2.22. The van der Waals surface area contributed by atoms with Gasteiger partial charge in [-0.1, -0.05) is 18.2 Å². The molecular formula is C19H25N5O2. The molecule has 2 aromatic rings. The Morgan fingerprint density at radius 3 is 3.08 bits per heavy atom. The highest BCUT2D eigenvalue weighted by Crippen LogP contribution is 2.22. The fourth-order valence-electron chi connectivity index (χ4n) is 3.72. The molecule has 0 aliphatic carbocycles. The third-order valence-corrected chi connectivity index (χ3v) is 5.16. The van der Waals surface area contributed by atoms with Gasteiger partial charge in [-0.3, -0.25) is 0 Å². The van der Waals surface area contributed by atoms with Crippen LogP contribution in [-0.4, -0.2) is 48.9 Å². The molecular weight excluding hydrogens is 330 g/mol. The van der Waals surface area contributed by atoms with Gasteiger partial charge in [0.2, 0.25) is 5.95 Å². The number of rotatable bonds is 5. The van der Waals surface area contributed by atoms with Crippen molar-refractivity contribution in [3.63, 3.8) is 0 Å². The first kappa shape index (κ1) is 17.2. The van der Waals surface area contributed by atoms with E-state index in [-0.39, 0.29) is 12.1 Å².